The highest BCUT2D eigenvalue weighted by Crippen LogP contribution is 2.31. The highest BCUT2D eigenvalue weighted by Gasteiger charge is 2.36. The van der Waals surface area contributed by atoms with Crippen molar-refractivity contribution in [1.82, 2.24) is 5.32 Å². The zero-order valence-electron chi connectivity index (χ0n) is 12.6. The molecule has 1 amide bonds. The monoisotopic (exact) mass is 290 g/mol. The van der Waals surface area contributed by atoms with Crippen LogP contribution >= 0.6 is 11.8 Å². The molecule has 19 heavy (non-hydrogen) atoms. The number of carboxylic acids is 1. The van der Waals surface area contributed by atoms with Gasteiger partial charge in [0.05, 0.1) is 5.25 Å². The Hall–Kier alpha value is -0.750. The van der Waals surface area contributed by atoms with Crippen molar-refractivity contribution in [3.05, 3.63) is 0 Å². The van der Waals surface area contributed by atoms with E-state index in [1.165, 1.54) is 11.8 Å². The van der Waals surface area contributed by atoms with Gasteiger partial charge in [-0.1, -0.05) is 6.92 Å². The second-order valence-corrected chi connectivity index (χ2v) is 7.90. The Bertz CT molecular complexity index is 343. The lowest BCUT2D eigenvalue weighted by Gasteiger charge is -2.32. The molecule has 0 aliphatic carbocycles. The van der Waals surface area contributed by atoms with Crippen LogP contribution in [0.1, 0.15) is 48.0 Å². The van der Waals surface area contributed by atoms with Gasteiger partial charge in [-0.3, -0.25) is 9.59 Å². The van der Waals surface area contributed by atoms with Crippen LogP contribution in [0.2, 0.25) is 0 Å². The second-order valence-electron chi connectivity index (χ2n) is 5.91. The first-order valence-electron chi connectivity index (χ1n) is 6.41. The predicted octanol–water partition coefficient (Wildman–Crippen LogP) is 1.60. The highest BCUT2D eigenvalue weighted by molar-refractivity contribution is 8.02. The van der Waals surface area contributed by atoms with Crippen molar-refractivity contribution < 1.29 is 14.7 Å². The van der Waals surface area contributed by atoms with Gasteiger partial charge in [0.15, 0.2) is 0 Å². The molecule has 0 radical (unpaired) electrons. The molecule has 0 aliphatic rings. The summed E-state index contributed by atoms with van der Waals surface area (Å²) in [6, 6.07) is -1.01. The average molecular weight is 290 g/mol. The zero-order valence-corrected chi connectivity index (χ0v) is 13.4. The van der Waals surface area contributed by atoms with Gasteiger partial charge < -0.3 is 16.2 Å². The Kier molecular flexibility index (Phi) is 6.35. The number of aliphatic carboxylic acids is 1. The van der Waals surface area contributed by atoms with Crippen molar-refractivity contribution in [3.8, 4) is 0 Å². The number of carbonyl (C=O) groups is 2. The third-order valence-electron chi connectivity index (χ3n) is 3.21. The summed E-state index contributed by atoms with van der Waals surface area (Å²) in [5.41, 5.74) is 5.39. The number of hydrogen-bond donors (Lipinski definition) is 3. The number of amides is 1. The van der Waals surface area contributed by atoms with Gasteiger partial charge in [0, 0.05) is 10.3 Å². The van der Waals surface area contributed by atoms with E-state index in [2.05, 4.69) is 5.32 Å². The normalized spacial score (nSPS) is 15.7. The minimum atomic E-state index is -1.06. The zero-order chi connectivity index (χ0) is 15.4. The number of carboxylic acid groups (broad SMARTS) is 1. The first-order valence-corrected chi connectivity index (χ1v) is 7.29. The predicted molar refractivity (Wildman–Crippen MR) is 79.3 cm³/mol. The van der Waals surface area contributed by atoms with E-state index in [1.54, 1.807) is 20.8 Å². The molecule has 0 fully saturated rings. The average Bonchev–Trinajstić information content (AvgIpc) is 2.26. The Balaban J connectivity index is 4.65. The van der Waals surface area contributed by atoms with Crippen molar-refractivity contribution in [2.24, 2.45) is 5.73 Å². The maximum Gasteiger partial charge on any atom is 0.321 e. The lowest BCUT2D eigenvalue weighted by Crippen LogP contribution is -2.50. The maximum absolute atomic E-state index is 12.1. The quantitative estimate of drug-likeness (QED) is 0.662. The largest absolute Gasteiger partial charge is 0.480 e. The molecular weight excluding hydrogens is 264 g/mol. The Morgan fingerprint density at radius 3 is 2.16 bits per heavy atom. The Morgan fingerprint density at radius 2 is 1.79 bits per heavy atom. The molecule has 0 bridgehead atoms. The number of hydrogen-bond acceptors (Lipinski definition) is 4. The summed E-state index contributed by atoms with van der Waals surface area (Å²) in [5, 5.41) is 11.5. The number of nitrogens with one attached hydrogen (secondary N) is 1. The molecule has 2 atom stereocenters. The van der Waals surface area contributed by atoms with Crippen LogP contribution in [0.5, 0.6) is 0 Å². The second kappa shape index (κ2) is 6.61. The van der Waals surface area contributed by atoms with Crippen molar-refractivity contribution in [3.63, 3.8) is 0 Å². The van der Waals surface area contributed by atoms with Crippen LogP contribution in [0.3, 0.4) is 0 Å². The summed E-state index contributed by atoms with van der Waals surface area (Å²) >= 11 is 1.28. The van der Waals surface area contributed by atoms with Crippen molar-refractivity contribution in [1.29, 1.82) is 0 Å². The fourth-order valence-electron chi connectivity index (χ4n) is 1.40. The molecule has 0 aromatic heterocycles. The molecule has 0 aliphatic heterocycles. The van der Waals surface area contributed by atoms with E-state index in [4.69, 9.17) is 10.8 Å². The molecule has 0 saturated heterocycles. The Labute approximate surface area is 119 Å². The Morgan fingerprint density at radius 1 is 1.32 bits per heavy atom. The van der Waals surface area contributed by atoms with Crippen LogP contribution in [0.4, 0.5) is 0 Å². The van der Waals surface area contributed by atoms with Gasteiger partial charge in [-0.25, -0.2) is 0 Å². The highest BCUT2D eigenvalue weighted by atomic mass is 32.2. The molecule has 1 unspecified atom stereocenters. The van der Waals surface area contributed by atoms with Crippen LogP contribution in [0, 0.1) is 0 Å². The van der Waals surface area contributed by atoms with Crippen molar-refractivity contribution >= 4 is 23.6 Å². The van der Waals surface area contributed by atoms with Gasteiger partial charge in [-0.15, -0.1) is 11.8 Å². The van der Waals surface area contributed by atoms with Gasteiger partial charge in [-0.2, -0.15) is 0 Å². The summed E-state index contributed by atoms with van der Waals surface area (Å²) in [6.45, 7) is 11.2. The molecular formula is C13H26N2O3S. The maximum atomic E-state index is 12.1. The molecule has 0 rings (SSSR count). The topological polar surface area (TPSA) is 92.4 Å². The summed E-state index contributed by atoms with van der Waals surface area (Å²) in [6.07, 6.45) is 0.828. The lowest BCUT2D eigenvalue weighted by molar-refractivity contribution is -0.139. The molecule has 0 spiro atoms. The molecule has 112 valence electrons. The standard InChI is InChI=1S/C13H26N2O3S/c1-7-12(3,4)15-10(16)8(2)19-13(5,6)9(14)11(17)18/h8-9H,7,14H2,1-6H3,(H,15,16)(H,17,18)/t8?,9-/m1/s1. The van der Waals surface area contributed by atoms with E-state index in [9.17, 15) is 9.59 Å². The molecule has 4 N–H and O–H groups in total. The van der Waals surface area contributed by atoms with E-state index in [1.807, 2.05) is 20.8 Å². The van der Waals surface area contributed by atoms with E-state index < -0.39 is 16.8 Å². The van der Waals surface area contributed by atoms with E-state index in [0.717, 1.165) is 6.42 Å². The minimum Gasteiger partial charge on any atom is -0.480 e. The molecule has 0 saturated carbocycles. The van der Waals surface area contributed by atoms with E-state index >= 15 is 0 Å². The van der Waals surface area contributed by atoms with Gasteiger partial charge in [0.1, 0.15) is 6.04 Å². The summed E-state index contributed by atoms with van der Waals surface area (Å²) in [7, 11) is 0. The molecule has 5 nitrogen and oxygen atoms in total. The van der Waals surface area contributed by atoms with Crippen molar-refractivity contribution in [2.75, 3.05) is 0 Å². The molecule has 0 aromatic carbocycles. The van der Waals surface area contributed by atoms with Crippen LogP contribution < -0.4 is 11.1 Å². The number of thioether (sulfide) groups is 1. The summed E-state index contributed by atoms with van der Waals surface area (Å²) in [5.74, 6) is -1.15. The SMILES string of the molecule is CCC(C)(C)NC(=O)C(C)SC(C)(C)[C@H](N)C(=O)O. The molecule has 0 aromatic rings. The van der Waals surface area contributed by atoms with Gasteiger partial charge in [0.25, 0.3) is 0 Å². The first-order chi connectivity index (χ1) is 8.43. The third-order valence-corrected chi connectivity index (χ3v) is 4.64. The minimum absolute atomic E-state index is 0.0949. The van der Waals surface area contributed by atoms with E-state index in [0.29, 0.717) is 0 Å². The fourth-order valence-corrected chi connectivity index (χ4v) is 2.73. The third kappa shape index (κ3) is 5.82. The summed E-state index contributed by atoms with van der Waals surface area (Å²) < 4.78 is -0.709. The fraction of sp³-hybridized carbons (Fsp3) is 0.846. The van der Waals surface area contributed by atoms with Crippen LogP contribution in [0.15, 0.2) is 0 Å². The van der Waals surface area contributed by atoms with E-state index in [-0.39, 0.29) is 16.7 Å². The summed E-state index contributed by atoms with van der Waals surface area (Å²) in [4.78, 5) is 23.0. The van der Waals surface area contributed by atoms with Gasteiger partial charge in [0.2, 0.25) is 5.91 Å². The number of nitrogens with two attached hydrogens (primary N) is 1. The van der Waals surface area contributed by atoms with Gasteiger partial charge in [-0.05, 0) is 41.0 Å². The molecule has 6 heteroatoms. The smallest absolute Gasteiger partial charge is 0.321 e. The van der Waals surface area contributed by atoms with Crippen LogP contribution in [-0.2, 0) is 9.59 Å². The van der Waals surface area contributed by atoms with Crippen molar-refractivity contribution in [2.45, 2.75) is 69.5 Å². The van der Waals surface area contributed by atoms with Crippen LogP contribution in [-0.4, -0.2) is 38.6 Å². The first kappa shape index (κ1) is 18.2. The van der Waals surface area contributed by atoms with Crippen LogP contribution in [0.25, 0.3) is 0 Å². The lowest BCUT2D eigenvalue weighted by atomic mass is 10.0. The number of rotatable bonds is 7. The molecule has 0 heterocycles. The van der Waals surface area contributed by atoms with Gasteiger partial charge >= 0.3 is 5.97 Å². The number of carbonyl (C=O) groups excluding carboxylic acids is 1.